The Balaban J connectivity index is 1.79. The topological polar surface area (TPSA) is 84.0 Å². The minimum absolute atomic E-state index is 0.0649. The quantitative estimate of drug-likeness (QED) is 0.395. The van der Waals surface area contributed by atoms with Gasteiger partial charge in [0.05, 0.1) is 15.9 Å². The van der Waals surface area contributed by atoms with Crippen molar-refractivity contribution in [3.8, 4) is 0 Å². The van der Waals surface area contributed by atoms with Gasteiger partial charge in [-0.05, 0) is 73.2 Å². The summed E-state index contributed by atoms with van der Waals surface area (Å²) < 4.78 is 28.3. The fraction of sp³-hybridized carbons (Fsp3) is 0.0476. The average molecular weight is 459 g/mol. The number of nitrogens with one attached hydrogen (secondary N) is 2. The molecule has 1 aromatic heterocycles. The monoisotopic (exact) mass is 458 g/mol. The van der Waals surface area contributed by atoms with Crippen LogP contribution in [-0.4, -0.2) is 18.4 Å². The van der Waals surface area contributed by atoms with Crippen LogP contribution in [0, 0.1) is 6.92 Å². The molecule has 9 heteroatoms. The molecule has 0 spiro atoms. The Kier molecular flexibility index (Phi) is 5.51. The van der Waals surface area contributed by atoms with Gasteiger partial charge in [-0.3, -0.25) is 4.72 Å². The Morgan fingerprint density at radius 1 is 0.767 bits per heavy atom. The maximum Gasteiger partial charge on any atom is 0.263 e. The fourth-order valence-corrected chi connectivity index (χ4v) is 4.05. The van der Waals surface area contributed by atoms with E-state index in [2.05, 4.69) is 20.0 Å². The SMILES string of the molecule is Cc1ccc2nc(NS(=O)(=O)c3ccc(Cl)cc3)c(Nc3ccc(Cl)cc3)nc2c1. The lowest BCUT2D eigenvalue weighted by Gasteiger charge is -2.14. The van der Waals surface area contributed by atoms with Gasteiger partial charge in [0, 0.05) is 15.7 Å². The van der Waals surface area contributed by atoms with E-state index in [-0.39, 0.29) is 16.5 Å². The lowest BCUT2D eigenvalue weighted by Crippen LogP contribution is -2.16. The predicted octanol–water partition coefficient (Wildman–Crippen LogP) is 5.79. The summed E-state index contributed by atoms with van der Waals surface area (Å²) >= 11 is 11.8. The Morgan fingerprint density at radius 3 is 2.03 bits per heavy atom. The van der Waals surface area contributed by atoms with E-state index in [4.69, 9.17) is 23.2 Å². The van der Waals surface area contributed by atoms with E-state index in [0.29, 0.717) is 26.8 Å². The van der Waals surface area contributed by atoms with Gasteiger partial charge in [-0.25, -0.2) is 18.4 Å². The maximum atomic E-state index is 12.9. The van der Waals surface area contributed by atoms with Crippen LogP contribution in [0.1, 0.15) is 5.56 Å². The van der Waals surface area contributed by atoms with Gasteiger partial charge in [0.15, 0.2) is 11.6 Å². The second-order valence-corrected chi connectivity index (χ2v) is 9.16. The van der Waals surface area contributed by atoms with E-state index in [1.165, 1.54) is 24.3 Å². The van der Waals surface area contributed by atoms with E-state index in [1.807, 2.05) is 19.1 Å². The maximum absolute atomic E-state index is 12.9. The molecular weight excluding hydrogens is 443 g/mol. The number of nitrogens with zero attached hydrogens (tertiary/aromatic N) is 2. The third kappa shape index (κ3) is 4.48. The molecule has 0 radical (unpaired) electrons. The zero-order valence-corrected chi connectivity index (χ0v) is 18.1. The van der Waals surface area contributed by atoms with Crippen LogP contribution in [0.5, 0.6) is 0 Å². The minimum atomic E-state index is -3.90. The highest BCUT2D eigenvalue weighted by molar-refractivity contribution is 7.92. The first-order chi connectivity index (χ1) is 14.3. The summed E-state index contributed by atoms with van der Waals surface area (Å²) in [6.07, 6.45) is 0. The normalized spacial score (nSPS) is 11.4. The second-order valence-electron chi connectivity index (χ2n) is 6.60. The van der Waals surface area contributed by atoms with E-state index >= 15 is 0 Å². The highest BCUT2D eigenvalue weighted by Crippen LogP contribution is 2.28. The van der Waals surface area contributed by atoms with Crippen LogP contribution in [0.2, 0.25) is 10.0 Å². The zero-order chi connectivity index (χ0) is 21.3. The lowest BCUT2D eigenvalue weighted by molar-refractivity contribution is 0.601. The number of rotatable bonds is 5. The molecule has 1 heterocycles. The number of aromatic nitrogens is 2. The molecule has 0 atom stereocenters. The smallest absolute Gasteiger partial charge is 0.263 e. The summed E-state index contributed by atoms with van der Waals surface area (Å²) in [6, 6.07) is 18.4. The van der Waals surface area contributed by atoms with Gasteiger partial charge in [0.25, 0.3) is 10.0 Å². The number of fused-ring (bicyclic) bond motifs is 1. The molecule has 152 valence electrons. The van der Waals surface area contributed by atoms with Crippen LogP contribution in [0.15, 0.2) is 71.6 Å². The van der Waals surface area contributed by atoms with Crippen molar-refractivity contribution < 1.29 is 8.42 Å². The molecule has 2 N–H and O–H groups in total. The molecule has 6 nitrogen and oxygen atoms in total. The van der Waals surface area contributed by atoms with Gasteiger partial charge < -0.3 is 5.32 Å². The van der Waals surface area contributed by atoms with Crippen molar-refractivity contribution in [2.45, 2.75) is 11.8 Å². The molecule has 0 bridgehead atoms. The number of sulfonamides is 1. The Hall–Kier alpha value is -2.87. The van der Waals surface area contributed by atoms with Crippen molar-refractivity contribution in [2.24, 2.45) is 0 Å². The van der Waals surface area contributed by atoms with Crippen molar-refractivity contribution in [3.05, 3.63) is 82.3 Å². The molecule has 4 aromatic rings. The summed E-state index contributed by atoms with van der Waals surface area (Å²) in [4.78, 5) is 9.15. The predicted molar refractivity (Wildman–Crippen MR) is 121 cm³/mol. The molecule has 0 aliphatic carbocycles. The number of halogens is 2. The molecule has 0 aliphatic heterocycles. The van der Waals surface area contributed by atoms with Crippen molar-refractivity contribution >= 4 is 61.6 Å². The van der Waals surface area contributed by atoms with Crippen molar-refractivity contribution in [1.29, 1.82) is 0 Å². The van der Waals surface area contributed by atoms with Crippen molar-refractivity contribution in [2.75, 3.05) is 10.0 Å². The van der Waals surface area contributed by atoms with Crippen molar-refractivity contribution in [3.63, 3.8) is 0 Å². The van der Waals surface area contributed by atoms with Gasteiger partial charge in [0.1, 0.15) is 0 Å². The van der Waals surface area contributed by atoms with E-state index < -0.39 is 10.0 Å². The molecule has 0 aliphatic rings. The van der Waals surface area contributed by atoms with Crippen LogP contribution >= 0.6 is 23.2 Å². The Bertz CT molecular complexity index is 1330. The van der Waals surface area contributed by atoms with E-state index in [0.717, 1.165) is 5.56 Å². The molecule has 0 saturated carbocycles. The van der Waals surface area contributed by atoms with E-state index in [1.54, 1.807) is 30.3 Å². The van der Waals surface area contributed by atoms with Gasteiger partial charge >= 0.3 is 0 Å². The first kappa shape index (κ1) is 20.4. The van der Waals surface area contributed by atoms with Gasteiger partial charge in [0.2, 0.25) is 0 Å². The third-order valence-electron chi connectivity index (χ3n) is 4.28. The number of anilines is 3. The molecule has 0 unspecified atom stereocenters. The summed E-state index contributed by atoms with van der Waals surface area (Å²) in [5.74, 6) is 0.351. The molecule has 0 saturated heterocycles. The fourth-order valence-electron chi connectivity index (χ4n) is 2.79. The number of aryl methyl sites for hydroxylation is 1. The highest BCUT2D eigenvalue weighted by atomic mass is 35.5. The van der Waals surface area contributed by atoms with Gasteiger partial charge in [-0.2, -0.15) is 0 Å². The summed E-state index contributed by atoms with van der Waals surface area (Å²) in [7, 11) is -3.90. The standard InChI is InChI=1S/C21H16Cl2N4O2S/c1-13-2-11-18-19(12-13)26-20(24-16-7-3-14(22)4-8-16)21(25-18)27-30(28,29)17-9-5-15(23)6-10-17/h2-12H,1H3,(H,24,26)(H,25,27). The minimum Gasteiger partial charge on any atom is -0.337 e. The Labute approximate surface area is 183 Å². The van der Waals surface area contributed by atoms with Crippen LogP contribution in [-0.2, 0) is 10.0 Å². The van der Waals surface area contributed by atoms with Crippen LogP contribution < -0.4 is 10.0 Å². The summed E-state index contributed by atoms with van der Waals surface area (Å²) in [5.41, 5.74) is 2.91. The Morgan fingerprint density at radius 2 is 1.37 bits per heavy atom. The molecule has 3 aromatic carbocycles. The molecular formula is C21H16Cl2N4O2S. The largest absolute Gasteiger partial charge is 0.337 e. The van der Waals surface area contributed by atoms with E-state index in [9.17, 15) is 8.42 Å². The van der Waals surface area contributed by atoms with Crippen LogP contribution in [0.4, 0.5) is 17.3 Å². The lowest BCUT2D eigenvalue weighted by atomic mass is 10.2. The highest BCUT2D eigenvalue weighted by Gasteiger charge is 2.19. The average Bonchev–Trinajstić information content (AvgIpc) is 2.70. The third-order valence-corrected chi connectivity index (χ3v) is 6.14. The number of hydrogen-bond acceptors (Lipinski definition) is 5. The zero-order valence-electron chi connectivity index (χ0n) is 15.7. The van der Waals surface area contributed by atoms with Gasteiger partial charge in [-0.1, -0.05) is 29.3 Å². The molecule has 4 rings (SSSR count). The number of hydrogen-bond donors (Lipinski definition) is 2. The summed E-state index contributed by atoms with van der Waals surface area (Å²) in [5, 5.41) is 4.15. The first-order valence-corrected chi connectivity index (χ1v) is 11.1. The second kappa shape index (κ2) is 8.10. The van der Waals surface area contributed by atoms with Crippen LogP contribution in [0.3, 0.4) is 0 Å². The van der Waals surface area contributed by atoms with Gasteiger partial charge in [-0.15, -0.1) is 0 Å². The number of benzene rings is 3. The first-order valence-electron chi connectivity index (χ1n) is 8.89. The molecule has 0 amide bonds. The molecule has 30 heavy (non-hydrogen) atoms. The summed E-state index contributed by atoms with van der Waals surface area (Å²) in [6.45, 7) is 1.95. The van der Waals surface area contributed by atoms with Crippen molar-refractivity contribution in [1.82, 2.24) is 9.97 Å². The molecule has 0 fully saturated rings. The van der Waals surface area contributed by atoms with Crippen LogP contribution in [0.25, 0.3) is 11.0 Å².